The summed E-state index contributed by atoms with van der Waals surface area (Å²) in [5.74, 6) is 0.233. The molecule has 4 rings (SSSR count). The number of fused-ring (bicyclic) bond motifs is 1. The van der Waals surface area contributed by atoms with Crippen molar-refractivity contribution in [2.24, 2.45) is 0 Å². The average Bonchev–Trinajstić information content (AvgIpc) is 3.17. The Kier molecular flexibility index (Phi) is 5.59. The third kappa shape index (κ3) is 4.03. The number of aromatic nitrogens is 1. The van der Waals surface area contributed by atoms with Crippen LogP contribution in [0.5, 0.6) is 5.75 Å². The summed E-state index contributed by atoms with van der Waals surface area (Å²) in [7, 11) is 0. The maximum atomic E-state index is 13.0. The van der Waals surface area contributed by atoms with Crippen LogP contribution in [0.1, 0.15) is 28.6 Å². The highest BCUT2D eigenvalue weighted by molar-refractivity contribution is 7.09. The highest BCUT2D eigenvalue weighted by Crippen LogP contribution is 2.38. The van der Waals surface area contributed by atoms with Crippen molar-refractivity contribution < 1.29 is 13.9 Å². The van der Waals surface area contributed by atoms with Gasteiger partial charge in [0.25, 0.3) is 0 Å². The van der Waals surface area contributed by atoms with E-state index in [1.54, 1.807) is 23.5 Å². The summed E-state index contributed by atoms with van der Waals surface area (Å²) in [6.07, 6.45) is 0.975. The van der Waals surface area contributed by atoms with Crippen LogP contribution in [0.25, 0.3) is 0 Å². The smallest absolute Gasteiger partial charge is 0.226 e. The van der Waals surface area contributed by atoms with E-state index in [2.05, 4.69) is 4.98 Å². The average molecular weight is 417 g/mol. The van der Waals surface area contributed by atoms with Crippen molar-refractivity contribution in [3.05, 3.63) is 81.0 Å². The number of hydrogen-bond donors (Lipinski definition) is 0. The van der Waals surface area contributed by atoms with Crippen LogP contribution in [0.15, 0.2) is 54.0 Å². The molecular formula is C21H18ClFN2O2S. The summed E-state index contributed by atoms with van der Waals surface area (Å²) < 4.78 is 18.6. The first-order valence-electron chi connectivity index (χ1n) is 8.97. The molecule has 0 fully saturated rings. The molecule has 1 aromatic heterocycles. The summed E-state index contributed by atoms with van der Waals surface area (Å²) in [5, 5.41) is 0.640. The topological polar surface area (TPSA) is 42.4 Å². The zero-order chi connectivity index (χ0) is 19.5. The maximum absolute atomic E-state index is 13.0. The molecule has 0 saturated heterocycles. The normalized spacial score (nSPS) is 15.9. The third-order valence-corrected chi connectivity index (χ3v) is 5.86. The lowest BCUT2D eigenvalue weighted by Gasteiger charge is -2.35. The van der Waals surface area contributed by atoms with Crippen molar-refractivity contribution in [3.63, 3.8) is 0 Å². The van der Waals surface area contributed by atoms with E-state index in [1.807, 2.05) is 34.7 Å². The van der Waals surface area contributed by atoms with Gasteiger partial charge in [-0.15, -0.1) is 11.3 Å². The molecule has 1 atom stereocenters. The van der Waals surface area contributed by atoms with Crippen LogP contribution in [0.4, 0.5) is 4.39 Å². The van der Waals surface area contributed by atoms with Gasteiger partial charge in [-0.2, -0.15) is 0 Å². The van der Waals surface area contributed by atoms with Crippen molar-refractivity contribution in [2.75, 3.05) is 13.2 Å². The van der Waals surface area contributed by atoms with Gasteiger partial charge < -0.3 is 9.64 Å². The van der Waals surface area contributed by atoms with Gasteiger partial charge in [0.05, 0.1) is 35.2 Å². The Bertz CT molecular complexity index is 977. The summed E-state index contributed by atoms with van der Waals surface area (Å²) in [5.41, 5.74) is 3.85. The molecule has 7 heteroatoms. The van der Waals surface area contributed by atoms with Crippen LogP contribution in [-0.2, 0) is 11.2 Å². The first-order chi connectivity index (χ1) is 13.6. The molecule has 2 heterocycles. The minimum atomic E-state index is -0.318. The number of rotatable bonds is 5. The van der Waals surface area contributed by atoms with Crippen LogP contribution in [0, 0.1) is 5.82 Å². The number of carbonyl (C=O) groups excluding carboxylic acids is 1. The predicted octanol–water partition coefficient (Wildman–Crippen LogP) is 4.88. The molecule has 0 spiro atoms. The molecule has 0 saturated carbocycles. The zero-order valence-corrected chi connectivity index (χ0v) is 16.5. The molecular weight excluding hydrogens is 399 g/mol. The molecule has 0 N–H and O–H groups in total. The molecule has 0 radical (unpaired) electrons. The number of ether oxygens (including phenoxy) is 1. The summed E-state index contributed by atoms with van der Waals surface area (Å²) in [6, 6.07) is 13.2. The number of halogens is 2. The minimum Gasteiger partial charge on any atom is -0.493 e. The van der Waals surface area contributed by atoms with Crippen LogP contribution < -0.4 is 4.74 Å². The van der Waals surface area contributed by atoms with E-state index >= 15 is 0 Å². The summed E-state index contributed by atoms with van der Waals surface area (Å²) in [4.78, 5) is 20.4. The van der Waals surface area contributed by atoms with Crippen LogP contribution in [0.3, 0.4) is 0 Å². The highest BCUT2D eigenvalue weighted by atomic mass is 35.5. The standard InChI is InChI=1S/C21H18ClFN2O2S/c22-15-3-1-2-14(12-15)20-21-18(24-13-28-21)8-10-25(20)19(26)9-11-27-17-6-4-16(23)5-7-17/h1-7,12-13,20H,8-11H2. The predicted molar refractivity (Wildman–Crippen MR) is 107 cm³/mol. The second-order valence-electron chi connectivity index (χ2n) is 6.51. The Morgan fingerprint density at radius 2 is 2.11 bits per heavy atom. The molecule has 1 aliphatic rings. The number of hydrogen-bond acceptors (Lipinski definition) is 4. The van der Waals surface area contributed by atoms with E-state index < -0.39 is 0 Å². The fraction of sp³-hybridized carbons (Fsp3) is 0.238. The van der Waals surface area contributed by atoms with E-state index in [-0.39, 0.29) is 30.8 Å². The number of nitrogens with zero attached hydrogens (tertiary/aromatic N) is 2. The lowest BCUT2D eigenvalue weighted by molar-refractivity contribution is -0.133. The van der Waals surface area contributed by atoms with Gasteiger partial charge in [0.1, 0.15) is 11.6 Å². The Morgan fingerprint density at radius 1 is 1.29 bits per heavy atom. The van der Waals surface area contributed by atoms with Gasteiger partial charge in [0.2, 0.25) is 5.91 Å². The Morgan fingerprint density at radius 3 is 2.89 bits per heavy atom. The molecule has 1 unspecified atom stereocenters. The van der Waals surface area contributed by atoms with Crippen molar-refractivity contribution >= 4 is 28.8 Å². The Balaban J connectivity index is 1.50. The molecule has 0 bridgehead atoms. The van der Waals surface area contributed by atoms with E-state index in [1.165, 1.54) is 12.1 Å². The van der Waals surface area contributed by atoms with E-state index in [4.69, 9.17) is 16.3 Å². The van der Waals surface area contributed by atoms with Gasteiger partial charge in [0, 0.05) is 18.0 Å². The lowest BCUT2D eigenvalue weighted by Crippen LogP contribution is -2.40. The number of thiazole rings is 1. The zero-order valence-electron chi connectivity index (χ0n) is 15.0. The first kappa shape index (κ1) is 18.9. The van der Waals surface area contributed by atoms with Crippen LogP contribution in [-0.4, -0.2) is 28.9 Å². The monoisotopic (exact) mass is 416 g/mol. The molecule has 1 amide bonds. The van der Waals surface area contributed by atoms with Crippen molar-refractivity contribution in [1.29, 1.82) is 0 Å². The molecule has 4 nitrogen and oxygen atoms in total. The van der Waals surface area contributed by atoms with Crippen molar-refractivity contribution in [1.82, 2.24) is 9.88 Å². The molecule has 1 aliphatic heterocycles. The summed E-state index contributed by atoms with van der Waals surface area (Å²) >= 11 is 7.76. The molecule has 2 aromatic carbocycles. The second-order valence-corrected chi connectivity index (χ2v) is 7.83. The van der Waals surface area contributed by atoms with Crippen LogP contribution in [0.2, 0.25) is 5.02 Å². The fourth-order valence-electron chi connectivity index (χ4n) is 3.39. The summed E-state index contributed by atoms with van der Waals surface area (Å²) in [6.45, 7) is 0.835. The third-order valence-electron chi connectivity index (χ3n) is 4.71. The van der Waals surface area contributed by atoms with Crippen molar-refractivity contribution in [2.45, 2.75) is 18.9 Å². The number of amides is 1. The van der Waals surface area contributed by atoms with Crippen molar-refractivity contribution in [3.8, 4) is 5.75 Å². The van der Waals surface area contributed by atoms with Gasteiger partial charge in [0.15, 0.2) is 0 Å². The molecule has 144 valence electrons. The fourth-order valence-corrected chi connectivity index (χ4v) is 4.57. The minimum absolute atomic E-state index is 0.00568. The van der Waals surface area contributed by atoms with Crippen LogP contribution >= 0.6 is 22.9 Å². The van der Waals surface area contributed by atoms with Gasteiger partial charge in [-0.25, -0.2) is 9.37 Å². The van der Waals surface area contributed by atoms with Gasteiger partial charge in [-0.3, -0.25) is 4.79 Å². The largest absolute Gasteiger partial charge is 0.493 e. The van der Waals surface area contributed by atoms with Gasteiger partial charge in [-0.1, -0.05) is 23.7 Å². The number of carbonyl (C=O) groups is 1. The second kappa shape index (κ2) is 8.29. The molecule has 28 heavy (non-hydrogen) atoms. The highest BCUT2D eigenvalue weighted by Gasteiger charge is 2.33. The maximum Gasteiger partial charge on any atom is 0.226 e. The Hall–Kier alpha value is -2.44. The van der Waals surface area contributed by atoms with E-state index in [0.29, 0.717) is 17.3 Å². The number of benzene rings is 2. The SMILES string of the molecule is O=C(CCOc1ccc(F)cc1)N1CCc2ncsc2C1c1cccc(Cl)c1. The van der Waals surface area contributed by atoms with Gasteiger partial charge >= 0.3 is 0 Å². The van der Waals surface area contributed by atoms with E-state index in [0.717, 1.165) is 22.6 Å². The van der Waals surface area contributed by atoms with E-state index in [9.17, 15) is 9.18 Å². The lowest BCUT2D eigenvalue weighted by atomic mass is 9.97. The molecule has 0 aliphatic carbocycles. The quantitative estimate of drug-likeness (QED) is 0.595. The first-order valence-corrected chi connectivity index (χ1v) is 10.2. The Labute approximate surface area is 171 Å². The van der Waals surface area contributed by atoms with Gasteiger partial charge in [-0.05, 0) is 42.0 Å². The molecule has 3 aromatic rings.